The molecule has 0 radical (unpaired) electrons. The first-order chi connectivity index (χ1) is 14.3. The number of alkyl halides is 2. The van der Waals surface area contributed by atoms with Crippen LogP contribution in [0.1, 0.15) is 56.9 Å². The van der Waals surface area contributed by atoms with Gasteiger partial charge in [-0.2, -0.15) is 0 Å². The molecular weight excluding hydrogens is 388 g/mol. The van der Waals surface area contributed by atoms with Crippen LogP contribution in [0, 0.1) is 16.7 Å². The molecule has 0 aromatic heterocycles. The molecule has 30 heavy (non-hydrogen) atoms. The highest BCUT2D eigenvalue weighted by molar-refractivity contribution is 5.67. The lowest BCUT2D eigenvalue weighted by Crippen LogP contribution is -2.45. The van der Waals surface area contributed by atoms with Crippen LogP contribution >= 0.6 is 0 Å². The van der Waals surface area contributed by atoms with E-state index in [0.717, 1.165) is 57.2 Å². The van der Waals surface area contributed by atoms with E-state index in [1.807, 2.05) is 30.3 Å². The summed E-state index contributed by atoms with van der Waals surface area (Å²) in [5.41, 5.74) is 0.273. The molecule has 166 valence electrons. The molecule has 6 heteroatoms. The van der Waals surface area contributed by atoms with Gasteiger partial charge >= 0.3 is 5.97 Å². The number of benzene rings is 1. The summed E-state index contributed by atoms with van der Waals surface area (Å²) >= 11 is 0. The van der Waals surface area contributed by atoms with Crippen LogP contribution in [0.5, 0.6) is 0 Å². The molecular formula is C24H33F2NO3. The fourth-order valence-electron chi connectivity index (χ4n) is 5.55. The van der Waals surface area contributed by atoms with E-state index in [1.165, 1.54) is 0 Å². The highest BCUT2D eigenvalue weighted by Crippen LogP contribution is 2.61. The smallest absolute Gasteiger partial charge is 0.303 e. The second-order valence-corrected chi connectivity index (χ2v) is 9.96. The Morgan fingerprint density at radius 1 is 1.10 bits per heavy atom. The zero-order valence-electron chi connectivity index (χ0n) is 17.6. The van der Waals surface area contributed by atoms with Crippen LogP contribution < -0.4 is 0 Å². The van der Waals surface area contributed by atoms with Crippen molar-refractivity contribution in [2.24, 2.45) is 16.7 Å². The SMILES string of the molecule is O=C(O)CC1CCC2(CC1)CCN(C[C@@]1(COCc3ccccc3)CC1(F)F)CC2. The Morgan fingerprint density at radius 3 is 2.30 bits per heavy atom. The Labute approximate surface area is 177 Å². The van der Waals surface area contributed by atoms with Crippen LogP contribution in [0.4, 0.5) is 8.78 Å². The van der Waals surface area contributed by atoms with Gasteiger partial charge in [-0.15, -0.1) is 0 Å². The second kappa shape index (κ2) is 8.54. The molecule has 0 amide bonds. The number of rotatable bonds is 8. The Bertz CT molecular complexity index is 723. The van der Waals surface area contributed by atoms with Gasteiger partial charge < -0.3 is 14.7 Å². The van der Waals surface area contributed by atoms with E-state index >= 15 is 0 Å². The first-order valence-corrected chi connectivity index (χ1v) is 11.3. The molecule has 1 heterocycles. The van der Waals surface area contributed by atoms with E-state index in [1.54, 1.807) is 0 Å². The third-order valence-corrected chi connectivity index (χ3v) is 7.77. The van der Waals surface area contributed by atoms with Crippen molar-refractivity contribution in [2.45, 2.75) is 63.9 Å². The predicted octanol–water partition coefficient (Wildman–Crippen LogP) is 4.98. The quantitative estimate of drug-likeness (QED) is 0.643. The van der Waals surface area contributed by atoms with E-state index in [9.17, 15) is 13.6 Å². The lowest BCUT2D eigenvalue weighted by molar-refractivity contribution is -0.138. The van der Waals surface area contributed by atoms with Gasteiger partial charge in [-0.25, -0.2) is 8.78 Å². The van der Waals surface area contributed by atoms with Gasteiger partial charge in [-0.05, 0) is 68.5 Å². The Hall–Kier alpha value is -1.53. The maximum atomic E-state index is 14.3. The molecule has 1 atom stereocenters. The average molecular weight is 422 g/mol. The van der Waals surface area contributed by atoms with Crippen LogP contribution in [0.25, 0.3) is 0 Å². The summed E-state index contributed by atoms with van der Waals surface area (Å²) in [5, 5.41) is 9.01. The normalized spacial score (nSPS) is 28.5. The van der Waals surface area contributed by atoms with Crippen LogP contribution in [-0.4, -0.2) is 48.1 Å². The third-order valence-electron chi connectivity index (χ3n) is 7.77. The van der Waals surface area contributed by atoms with Crippen molar-refractivity contribution in [3.05, 3.63) is 35.9 Å². The van der Waals surface area contributed by atoms with E-state index < -0.39 is 17.3 Å². The molecule has 1 aliphatic heterocycles. The molecule has 3 aliphatic rings. The van der Waals surface area contributed by atoms with Gasteiger partial charge in [-0.3, -0.25) is 4.79 Å². The molecule has 1 N–H and O–H groups in total. The van der Waals surface area contributed by atoms with Gasteiger partial charge in [0, 0.05) is 19.4 Å². The van der Waals surface area contributed by atoms with Crippen molar-refractivity contribution >= 4 is 5.97 Å². The summed E-state index contributed by atoms with van der Waals surface area (Å²) in [6.45, 7) is 2.61. The first-order valence-electron chi connectivity index (χ1n) is 11.3. The molecule has 1 spiro atoms. The number of carbonyl (C=O) groups is 1. The van der Waals surface area contributed by atoms with Crippen molar-refractivity contribution in [3.63, 3.8) is 0 Å². The number of halogens is 2. The first kappa shape index (κ1) is 21.7. The molecule has 2 saturated carbocycles. The minimum Gasteiger partial charge on any atom is -0.481 e. The zero-order chi connectivity index (χ0) is 21.2. The zero-order valence-corrected chi connectivity index (χ0v) is 17.6. The highest BCUT2D eigenvalue weighted by atomic mass is 19.3. The van der Waals surface area contributed by atoms with Crippen molar-refractivity contribution in [3.8, 4) is 0 Å². The van der Waals surface area contributed by atoms with Gasteiger partial charge in [0.2, 0.25) is 0 Å². The van der Waals surface area contributed by atoms with E-state index in [2.05, 4.69) is 4.90 Å². The van der Waals surface area contributed by atoms with Gasteiger partial charge in [0.1, 0.15) is 0 Å². The van der Waals surface area contributed by atoms with Crippen LogP contribution in [0.15, 0.2) is 30.3 Å². The number of hydrogen-bond donors (Lipinski definition) is 1. The Balaban J connectivity index is 1.25. The van der Waals surface area contributed by atoms with Crippen LogP contribution in [0.2, 0.25) is 0 Å². The Morgan fingerprint density at radius 2 is 1.73 bits per heavy atom. The van der Waals surface area contributed by atoms with Crippen molar-refractivity contribution in [1.29, 1.82) is 0 Å². The minimum absolute atomic E-state index is 0.0761. The molecule has 1 aromatic carbocycles. The molecule has 4 nitrogen and oxygen atoms in total. The third kappa shape index (κ3) is 4.86. The topological polar surface area (TPSA) is 49.8 Å². The molecule has 4 rings (SSSR count). The number of ether oxygens (including phenoxy) is 1. The summed E-state index contributed by atoms with van der Waals surface area (Å²) in [7, 11) is 0. The minimum atomic E-state index is -2.63. The number of hydrogen-bond acceptors (Lipinski definition) is 3. The summed E-state index contributed by atoms with van der Waals surface area (Å²) < 4.78 is 34.3. The van der Waals surface area contributed by atoms with Gasteiger partial charge in [0.15, 0.2) is 0 Å². The van der Waals surface area contributed by atoms with E-state index in [4.69, 9.17) is 9.84 Å². The molecule has 0 bridgehead atoms. The number of likely N-dealkylation sites (tertiary alicyclic amines) is 1. The summed E-state index contributed by atoms with van der Waals surface area (Å²) in [4.78, 5) is 13.2. The average Bonchev–Trinajstić information content (AvgIpc) is 3.26. The predicted molar refractivity (Wildman–Crippen MR) is 110 cm³/mol. The standard InChI is InChI=1S/C24H33F2NO3/c25-24(26)16-23(24,18-30-15-20-4-2-1-3-5-20)17-27-12-10-22(11-13-27)8-6-19(7-9-22)14-21(28)29/h1-5,19H,6-18H2,(H,28,29)/t23-/m1/s1. The molecule has 0 unspecified atom stereocenters. The number of carboxylic acid groups (broad SMARTS) is 1. The fraction of sp³-hybridized carbons (Fsp3) is 0.708. The molecule has 2 aliphatic carbocycles. The highest BCUT2D eigenvalue weighted by Gasteiger charge is 2.71. The number of piperidine rings is 1. The number of aliphatic carboxylic acids is 1. The molecule has 3 fully saturated rings. The van der Waals surface area contributed by atoms with Crippen molar-refractivity contribution in [1.82, 2.24) is 4.90 Å². The van der Waals surface area contributed by atoms with Crippen LogP contribution in [0.3, 0.4) is 0 Å². The van der Waals surface area contributed by atoms with Gasteiger partial charge in [-0.1, -0.05) is 30.3 Å². The van der Waals surface area contributed by atoms with E-state index in [-0.39, 0.29) is 19.4 Å². The summed E-state index contributed by atoms with van der Waals surface area (Å²) in [6, 6.07) is 9.69. The van der Waals surface area contributed by atoms with Gasteiger partial charge in [0.05, 0.1) is 18.6 Å². The number of carboxylic acids is 1. The lowest BCUT2D eigenvalue weighted by Gasteiger charge is -2.46. The second-order valence-electron chi connectivity index (χ2n) is 9.96. The lowest BCUT2D eigenvalue weighted by atomic mass is 9.65. The monoisotopic (exact) mass is 421 g/mol. The van der Waals surface area contributed by atoms with Crippen molar-refractivity contribution in [2.75, 3.05) is 26.2 Å². The number of nitrogens with zero attached hydrogens (tertiary/aromatic N) is 1. The van der Waals surface area contributed by atoms with Gasteiger partial charge in [0.25, 0.3) is 5.92 Å². The summed E-state index contributed by atoms with van der Waals surface area (Å²) in [5.74, 6) is -3.02. The maximum Gasteiger partial charge on any atom is 0.303 e. The fourth-order valence-corrected chi connectivity index (χ4v) is 5.55. The molecule has 1 saturated heterocycles. The Kier molecular flexibility index (Phi) is 6.18. The summed E-state index contributed by atoms with van der Waals surface area (Å²) in [6.07, 6.45) is 6.43. The molecule has 1 aromatic rings. The van der Waals surface area contributed by atoms with E-state index in [0.29, 0.717) is 24.5 Å². The van der Waals surface area contributed by atoms with Crippen LogP contribution in [-0.2, 0) is 16.1 Å². The van der Waals surface area contributed by atoms with Crippen molar-refractivity contribution < 1.29 is 23.4 Å². The largest absolute Gasteiger partial charge is 0.481 e. The maximum absolute atomic E-state index is 14.3.